The van der Waals surface area contributed by atoms with Gasteiger partial charge in [-0.15, -0.1) is 11.3 Å². The maximum Gasteiger partial charge on any atom is 0.251 e. The van der Waals surface area contributed by atoms with Crippen molar-refractivity contribution in [2.24, 2.45) is 0 Å². The predicted octanol–water partition coefficient (Wildman–Crippen LogP) is 5.28. The molecule has 2 aromatic carbocycles. The topological polar surface area (TPSA) is 64.1 Å². The van der Waals surface area contributed by atoms with Crippen LogP contribution >= 0.6 is 11.3 Å². The molecular weight excluding hydrogens is 394 g/mol. The molecule has 4 aromatic rings. The van der Waals surface area contributed by atoms with E-state index in [0.717, 1.165) is 27.6 Å². The largest absolute Gasteiger partial charge is 0.489 e. The smallest absolute Gasteiger partial charge is 0.251 e. The first kappa shape index (κ1) is 19.8. The van der Waals surface area contributed by atoms with E-state index in [9.17, 15) is 4.79 Å². The third-order valence-electron chi connectivity index (χ3n) is 4.56. The summed E-state index contributed by atoms with van der Waals surface area (Å²) in [5.41, 5.74) is 3.44. The van der Waals surface area contributed by atoms with Gasteiger partial charge in [0.25, 0.3) is 5.91 Å². The number of carbonyl (C=O) groups is 1. The number of nitrogens with zero attached hydrogens (tertiary/aromatic N) is 2. The summed E-state index contributed by atoms with van der Waals surface area (Å²) in [6.45, 7) is 2.39. The summed E-state index contributed by atoms with van der Waals surface area (Å²) in [7, 11) is 0. The van der Waals surface area contributed by atoms with Crippen LogP contribution in [0.5, 0.6) is 5.75 Å². The minimum absolute atomic E-state index is 0.129. The summed E-state index contributed by atoms with van der Waals surface area (Å²) in [5.74, 6) is 0.693. The van der Waals surface area contributed by atoms with Crippen LogP contribution in [0, 0.1) is 0 Å². The van der Waals surface area contributed by atoms with E-state index in [0.29, 0.717) is 12.2 Å². The predicted molar refractivity (Wildman–Crippen MR) is 118 cm³/mol. The van der Waals surface area contributed by atoms with Crippen LogP contribution in [-0.4, -0.2) is 15.9 Å². The molecule has 0 saturated heterocycles. The Kier molecular flexibility index (Phi) is 6.15. The second-order valence-corrected chi connectivity index (χ2v) is 7.70. The lowest BCUT2D eigenvalue weighted by Gasteiger charge is -2.12. The molecule has 0 fully saturated rings. The van der Waals surface area contributed by atoms with Gasteiger partial charge in [0.05, 0.1) is 11.7 Å². The van der Waals surface area contributed by atoms with Gasteiger partial charge in [-0.25, -0.2) is 4.98 Å². The van der Waals surface area contributed by atoms with Crippen molar-refractivity contribution in [3.05, 3.63) is 101 Å². The summed E-state index contributed by atoms with van der Waals surface area (Å²) in [4.78, 5) is 21.4. The molecule has 1 N–H and O–H groups in total. The van der Waals surface area contributed by atoms with Crippen molar-refractivity contribution in [3.63, 3.8) is 0 Å². The summed E-state index contributed by atoms with van der Waals surface area (Å²) in [6, 6.07) is 20.8. The maximum atomic E-state index is 12.6. The lowest BCUT2D eigenvalue weighted by molar-refractivity contribution is 0.0940. The SMILES string of the molecule is CC(NC(=O)c1ccc(COc2ccccc2)cc1)c1nc(-c2cccnc2)cs1. The zero-order valence-electron chi connectivity index (χ0n) is 16.5. The molecule has 0 radical (unpaired) electrons. The monoisotopic (exact) mass is 415 g/mol. The Morgan fingerprint density at radius 3 is 2.60 bits per heavy atom. The molecule has 0 aliphatic heterocycles. The molecule has 0 saturated carbocycles. The number of para-hydroxylation sites is 1. The molecule has 1 unspecified atom stereocenters. The highest BCUT2D eigenvalue weighted by atomic mass is 32.1. The second-order valence-electron chi connectivity index (χ2n) is 6.81. The minimum Gasteiger partial charge on any atom is -0.489 e. The van der Waals surface area contributed by atoms with Gasteiger partial charge in [0.2, 0.25) is 0 Å². The molecule has 150 valence electrons. The van der Waals surface area contributed by atoms with Crippen LogP contribution in [0.1, 0.15) is 33.9 Å². The van der Waals surface area contributed by atoms with E-state index in [2.05, 4.69) is 15.3 Å². The van der Waals surface area contributed by atoms with E-state index in [1.54, 1.807) is 12.4 Å². The Bertz CT molecular complexity index is 1100. The quantitative estimate of drug-likeness (QED) is 0.446. The highest BCUT2D eigenvalue weighted by molar-refractivity contribution is 7.10. The summed E-state index contributed by atoms with van der Waals surface area (Å²) in [5, 5.41) is 5.86. The molecule has 4 rings (SSSR count). The molecule has 0 bridgehead atoms. The highest BCUT2D eigenvalue weighted by Crippen LogP contribution is 2.25. The van der Waals surface area contributed by atoms with Gasteiger partial charge < -0.3 is 10.1 Å². The van der Waals surface area contributed by atoms with Crippen molar-refractivity contribution < 1.29 is 9.53 Å². The van der Waals surface area contributed by atoms with Crippen molar-refractivity contribution in [2.45, 2.75) is 19.6 Å². The van der Waals surface area contributed by atoms with E-state index < -0.39 is 0 Å². The van der Waals surface area contributed by atoms with Crippen LogP contribution in [0.15, 0.2) is 84.5 Å². The average molecular weight is 416 g/mol. The van der Waals surface area contributed by atoms with Crippen LogP contribution in [0.2, 0.25) is 0 Å². The van der Waals surface area contributed by atoms with Crippen LogP contribution < -0.4 is 10.1 Å². The normalized spacial score (nSPS) is 11.6. The number of aromatic nitrogens is 2. The number of pyridine rings is 1. The van der Waals surface area contributed by atoms with Gasteiger partial charge >= 0.3 is 0 Å². The van der Waals surface area contributed by atoms with Gasteiger partial charge in [0.1, 0.15) is 17.4 Å². The summed E-state index contributed by atoms with van der Waals surface area (Å²) in [6.07, 6.45) is 3.52. The van der Waals surface area contributed by atoms with E-state index in [1.165, 1.54) is 11.3 Å². The summed E-state index contributed by atoms with van der Waals surface area (Å²) < 4.78 is 5.74. The number of benzene rings is 2. The third-order valence-corrected chi connectivity index (χ3v) is 5.59. The van der Waals surface area contributed by atoms with E-state index in [1.807, 2.05) is 79.0 Å². The Morgan fingerprint density at radius 2 is 1.87 bits per heavy atom. The molecule has 1 amide bonds. The van der Waals surface area contributed by atoms with Gasteiger partial charge in [-0.05, 0) is 48.9 Å². The fourth-order valence-corrected chi connectivity index (χ4v) is 3.75. The van der Waals surface area contributed by atoms with Gasteiger partial charge in [-0.3, -0.25) is 9.78 Å². The van der Waals surface area contributed by atoms with Crippen LogP contribution in [0.3, 0.4) is 0 Å². The van der Waals surface area contributed by atoms with E-state index in [-0.39, 0.29) is 11.9 Å². The number of thiazole rings is 1. The first-order valence-electron chi connectivity index (χ1n) is 9.62. The van der Waals surface area contributed by atoms with Gasteiger partial charge in [-0.2, -0.15) is 0 Å². The molecule has 2 aromatic heterocycles. The number of ether oxygens (including phenoxy) is 1. The van der Waals surface area contributed by atoms with Crippen molar-refractivity contribution in [3.8, 4) is 17.0 Å². The zero-order chi connectivity index (χ0) is 20.8. The van der Waals surface area contributed by atoms with Gasteiger partial charge in [0.15, 0.2) is 0 Å². The molecule has 1 atom stereocenters. The summed E-state index contributed by atoms with van der Waals surface area (Å²) >= 11 is 1.53. The molecule has 6 heteroatoms. The lowest BCUT2D eigenvalue weighted by Crippen LogP contribution is -2.26. The Balaban J connectivity index is 1.35. The Labute approximate surface area is 179 Å². The molecular formula is C24H21N3O2S. The van der Waals surface area contributed by atoms with Crippen molar-refractivity contribution in [1.82, 2.24) is 15.3 Å². The van der Waals surface area contributed by atoms with Crippen molar-refractivity contribution >= 4 is 17.2 Å². The third kappa shape index (κ3) is 4.90. The van der Waals surface area contributed by atoms with E-state index >= 15 is 0 Å². The second kappa shape index (κ2) is 9.33. The van der Waals surface area contributed by atoms with Crippen molar-refractivity contribution in [1.29, 1.82) is 0 Å². The van der Waals surface area contributed by atoms with Crippen LogP contribution in [-0.2, 0) is 6.61 Å². The van der Waals surface area contributed by atoms with Gasteiger partial charge in [-0.1, -0.05) is 30.3 Å². The van der Waals surface area contributed by atoms with Gasteiger partial charge in [0, 0.05) is 28.9 Å². The minimum atomic E-state index is -0.186. The zero-order valence-corrected chi connectivity index (χ0v) is 17.3. The van der Waals surface area contributed by atoms with Crippen molar-refractivity contribution in [2.75, 3.05) is 0 Å². The molecule has 0 spiro atoms. The number of nitrogens with one attached hydrogen (secondary N) is 1. The maximum absolute atomic E-state index is 12.6. The first-order valence-corrected chi connectivity index (χ1v) is 10.5. The Morgan fingerprint density at radius 1 is 1.07 bits per heavy atom. The number of hydrogen-bond donors (Lipinski definition) is 1. The molecule has 0 aliphatic carbocycles. The standard InChI is InChI=1S/C24H21N3O2S/c1-17(24-27-22(16-30-24)20-6-5-13-25-14-20)26-23(28)19-11-9-18(10-12-19)15-29-21-7-3-2-4-8-21/h2-14,16-17H,15H2,1H3,(H,26,28). The number of amides is 1. The van der Waals surface area contributed by atoms with E-state index in [4.69, 9.17) is 4.74 Å². The molecule has 0 aliphatic rings. The molecule has 2 heterocycles. The number of rotatable bonds is 7. The average Bonchev–Trinajstić information content (AvgIpc) is 3.30. The van der Waals surface area contributed by atoms with Crippen LogP contribution in [0.4, 0.5) is 0 Å². The molecule has 30 heavy (non-hydrogen) atoms. The fourth-order valence-electron chi connectivity index (χ4n) is 2.91. The number of hydrogen-bond acceptors (Lipinski definition) is 5. The molecule has 5 nitrogen and oxygen atoms in total. The lowest BCUT2D eigenvalue weighted by atomic mass is 10.1. The Hall–Kier alpha value is -3.51. The number of carbonyl (C=O) groups excluding carboxylic acids is 1. The van der Waals surface area contributed by atoms with Crippen LogP contribution in [0.25, 0.3) is 11.3 Å². The first-order chi connectivity index (χ1) is 14.7. The highest BCUT2D eigenvalue weighted by Gasteiger charge is 2.15. The fraction of sp³-hybridized carbons (Fsp3) is 0.125.